The third-order valence-corrected chi connectivity index (χ3v) is 3.63. The molecule has 4 nitrogen and oxygen atoms in total. The number of benzene rings is 1. The number of amides is 1. The zero-order chi connectivity index (χ0) is 13.1. The Balaban J connectivity index is 2.21. The van der Waals surface area contributed by atoms with Crippen molar-refractivity contribution in [1.29, 1.82) is 0 Å². The zero-order valence-corrected chi connectivity index (χ0v) is 11.6. The van der Waals surface area contributed by atoms with Gasteiger partial charge in [0, 0.05) is 12.1 Å². The lowest BCUT2D eigenvalue weighted by atomic mass is 10.2. The van der Waals surface area contributed by atoms with Crippen molar-refractivity contribution in [3.05, 3.63) is 17.2 Å². The van der Waals surface area contributed by atoms with Crippen molar-refractivity contribution < 1.29 is 4.79 Å². The first-order valence-electron chi connectivity index (χ1n) is 5.75. The van der Waals surface area contributed by atoms with Crippen LogP contribution in [0.1, 0.15) is 26.2 Å². The third kappa shape index (κ3) is 2.91. The van der Waals surface area contributed by atoms with Crippen LogP contribution in [0.2, 0.25) is 5.02 Å². The van der Waals surface area contributed by atoms with Gasteiger partial charge in [-0.25, -0.2) is 4.98 Å². The van der Waals surface area contributed by atoms with E-state index < -0.39 is 0 Å². The number of aromatic nitrogens is 1. The molecule has 96 valence electrons. The number of carbonyl (C=O) groups excluding carboxylic acids is 1. The van der Waals surface area contributed by atoms with E-state index in [-0.39, 0.29) is 5.91 Å². The fourth-order valence-electron chi connectivity index (χ4n) is 1.64. The Morgan fingerprint density at radius 1 is 1.56 bits per heavy atom. The lowest BCUT2D eigenvalue weighted by molar-refractivity contribution is -0.116. The Labute approximate surface area is 114 Å². The van der Waals surface area contributed by atoms with Crippen molar-refractivity contribution in [3.8, 4) is 0 Å². The Kier molecular flexibility index (Phi) is 4.04. The molecule has 0 unspecified atom stereocenters. The minimum Gasteiger partial charge on any atom is -0.375 e. The van der Waals surface area contributed by atoms with Gasteiger partial charge in [0.05, 0.1) is 9.72 Å². The summed E-state index contributed by atoms with van der Waals surface area (Å²) in [6.45, 7) is 2.05. The standard InChI is InChI=1S/C12H14ClN3OS/c1-2-3-4-10(17)15-7-5-8(13)11-9(6-7)18-12(14)16-11/h5-6H,2-4H2,1H3,(H2,14,16)(H,15,17). The van der Waals surface area contributed by atoms with Crippen molar-refractivity contribution in [3.63, 3.8) is 0 Å². The van der Waals surface area contributed by atoms with Gasteiger partial charge in [0.1, 0.15) is 5.52 Å². The van der Waals surface area contributed by atoms with Gasteiger partial charge in [-0.2, -0.15) is 0 Å². The van der Waals surface area contributed by atoms with E-state index >= 15 is 0 Å². The highest BCUT2D eigenvalue weighted by atomic mass is 35.5. The highest BCUT2D eigenvalue weighted by Crippen LogP contribution is 2.32. The average Bonchev–Trinajstić information content (AvgIpc) is 2.67. The zero-order valence-electron chi connectivity index (χ0n) is 10.00. The van der Waals surface area contributed by atoms with Crippen LogP contribution in [0.25, 0.3) is 10.2 Å². The van der Waals surface area contributed by atoms with Crippen molar-refractivity contribution in [2.45, 2.75) is 26.2 Å². The van der Waals surface area contributed by atoms with Gasteiger partial charge in [0.25, 0.3) is 0 Å². The molecule has 0 fully saturated rings. The van der Waals surface area contributed by atoms with Gasteiger partial charge < -0.3 is 11.1 Å². The summed E-state index contributed by atoms with van der Waals surface area (Å²) in [5.41, 5.74) is 7.02. The Bertz CT molecular complexity index is 582. The fraction of sp³-hybridized carbons (Fsp3) is 0.333. The minimum absolute atomic E-state index is 0.00440. The van der Waals surface area contributed by atoms with E-state index in [0.29, 0.717) is 27.8 Å². The lowest BCUT2D eigenvalue weighted by Gasteiger charge is -2.05. The van der Waals surface area contributed by atoms with Crippen molar-refractivity contribution in [2.75, 3.05) is 11.1 Å². The van der Waals surface area contributed by atoms with Crippen LogP contribution in [0.15, 0.2) is 12.1 Å². The molecule has 2 rings (SSSR count). The monoisotopic (exact) mass is 283 g/mol. The molecular weight excluding hydrogens is 270 g/mol. The first-order valence-corrected chi connectivity index (χ1v) is 6.95. The van der Waals surface area contributed by atoms with Gasteiger partial charge in [0.2, 0.25) is 5.91 Å². The topological polar surface area (TPSA) is 68.0 Å². The van der Waals surface area contributed by atoms with Crippen LogP contribution >= 0.6 is 22.9 Å². The van der Waals surface area contributed by atoms with Gasteiger partial charge in [-0.15, -0.1) is 0 Å². The van der Waals surface area contributed by atoms with E-state index in [1.807, 2.05) is 6.07 Å². The number of fused-ring (bicyclic) bond motifs is 1. The Hall–Kier alpha value is -1.33. The molecule has 6 heteroatoms. The van der Waals surface area contributed by atoms with E-state index in [0.717, 1.165) is 17.5 Å². The van der Waals surface area contributed by atoms with Crippen LogP contribution in [0.3, 0.4) is 0 Å². The second kappa shape index (κ2) is 5.54. The van der Waals surface area contributed by atoms with Crippen LogP contribution in [0.5, 0.6) is 0 Å². The predicted octanol–water partition coefficient (Wildman–Crippen LogP) is 3.66. The lowest BCUT2D eigenvalue weighted by Crippen LogP contribution is -2.10. The first kappa shape index (κ1) is 13.1. The molecule has 0 atom stereocenters. The molecule has 0 bridgehead atoms. The highest BCUT2D eigenvalue weighted by Gasteiger charge is 2.09. The summed E-state index contributed by atoms with van der Waals surface area (Å²) >= 11 is 7.46. The molecule has 1 aromatic heterocycles. The maximum absolute atomic E-state index is 11.6. The van der Waals surface area contributed by atoms with Crippen molar-refractivity contribution >= 4 is 49.9 Å². The summed E-state index contributed by atoms with van der Waals surface area (Å²) in [4.78, 5) is 15.8. The number of hydrogen-bond donors (Lipinski definition) is 2. The smallest absolute Gasteiger partial charge is 0.224 e. The molecule has 0 aliphatic rings. The summed E-state index contributed by atoms with van der Waals surface area (Å²) in [6.07, 6.45) is 2.41. The largest absolute Gasteiger partial charge is 0.375 e. The first-order chi connectivity index (χ1) is 8.60. The number of unbranched alkanes of at least 4 members (excludes halogenated alkanes) is 1. The van der Waals surface area contributed by atoms with Gasteiger partial charge in [-0.3, -0.25) is 4.79 Å². The van der Waals surface area contributed by atoms with E-state index in [4.69, 9.17) is 17.3 Å². The van der Waals surface area contributed by atoms with E-state index in [1.165, 1.54) is 11.3 Å². The maximum Gasteiger partial charge on any atom is 0.224 e. The number of carbonyl (C=O) groups is 1. The second-order valence-electron chi connectivity index (χ2n) is 4.01. The van der Waals surface area contributed by atoms with E-state index in [2.05, 4.69) is 17.2 Å². The summed E-state index contributed by atoms with van der Waals surface area (Å²) in [5, 5.41) is 3.81. The van der Waals surface area contributed by atoms with Crippen molar-refractivity contribution in [2.24, 2.45) is 0 Å². The van der Waals surface area contributed by atoms with Gasteiger partial charge in [0.15, 0.2) is 5.13 Å². The number of nitrogens with two attached hydrogens (primary N) is 1. The van der Waals surface area contributed by atoms with Gasteiger partial charge in [-0.1, -0.05) is 36.3 Å². The normalized spacial score (nSPS) is 10.8. The molecule has 1 aromatic carbocycles. The molecule has 0 radical (unpaired) electrons. The molecule has 0 spiro atoms. The molecule has 0 saturated carbocycles. The third-order valence-electron chi connectivity index (χ3n) is 2.51. The van der Waals surface area contributed by atoms with Gasteiger partial charge >= 0.3 is 0 Å². The second-order valence-corrected chi connectivity index (χ2v) is 5.48. The molecule has 0 aliphatic carbocycles. The number of nitrogen functional groups attached to an aromatic ring is 1. The fourth-order valence-corrected chi connectivity index (χ4v) is 2.76. The Morgan fingerprint density at radius 3 is 3.06 bits per heavy atom. The quantitative estimate of drug-likeness (QED) is 0.900. The summed E-state index contributed by atoms with van der Waals surface area (Å²) in [6, 6.07) is 3.55. The molecule has 0 aliphatic heterocycles. The molecule has 2 aromatic rings. The number of nitrogens with one attached hydrogen (secondary N) is 1. The van der Waals surface area contributed by atoms with Gasteiger partial charge in [-0.05, 0) is 18.6 Å². The van der Waals surface area contributed by atoms with Crippen LogP contribution in [0.4, 0.5) is 10.8 Å². The molecular formula is C12H14ClN3OS. The summed E-state index contributed by atoms with van der Waals surface area (Å²) in [5.74, 6) is 0.00440. The van der Waals surface area contributed by atoms with Crippen LogP contribution in [0, 0.1) is 0 Å². The molecule has 1 heterocycles. The number of anilines is 2. The molecule has 0 saturated heterocycles. The predicted molar refractivity (Wildman–Crippen MR) is 77.2 cm³/mol. The Morgan fingerprint density at radius 2 is 2.33 bits per heavy atom. The van der Waals surface area contributed by atoms with Crippen LogP contribution < -0.4 is 11.1 Å². The summed E-state index contributed by atoms with van der Waals surface area (Å²) < 4.78 is 0.880. The SMILES string of the molecule is CCCCC(=O)Nc1cc(Cl)c2nc(N)sc2c1. The average molecular weight is 284 g/mol. The molecule has 3 N–H and O–H groups in total. The number of rotatable bonds is 4. The number of nitrogens with zero attached hydrogens (tertiary/aromatic N) is 1. The number of thiazole rings is 1. The maximum atomic E-state index is 11.6. The number of halogens is 1. The molecule has 18 heavy (non-hydrogen) atoms. The van der Waals surface area contributed by atoms with E-state index in [9.17, 15) is 4.79 Å². The van der Waals surface area contributed by atoms with E-state index in [1.54, 1.807) is 6.07 Å². The summed E-state index contributed by atoms with van der Waals surface area (Å²) in [7, 11) is 0. The molecule has 1 amide bonds. The van der Waals surface area contributed by atoms with Crippen LogP contribution in [-0.4, -0.2) is 10.9 Å². The highest BCUT2D eigenvalue weighted by molar-refractivity contribution is 7.22. The van der Waals surface area contributed by atoms with Crippen molar-refractivity contribution in [1.82, 2.24) is 4.98 Å². The number of hydrogen-bond acceptors (Lipinski definition) is 4. The minimum atomic E-state index is 0.00440. The van der Waals surface area contributed by atoms with Crippen LogP contribution in [-0.2, 0) is 4.79 Å².